The van der Waals surface area contributed by atoms with Crippen molar-refractivity contribution < 1.29 is 0 Å². The van der Waals surface area contributed by atoms with Crippen LogP contribution >= 0.6 is 11.6 Å². The number of hydrogen-bond acceptors (Lipinski definition) is 1. The summed E-state index contributed by atoms with van der Waals surface area (Å²) in [6.07, 6.45) is 2.68. The van der Waals surface area contributed by atoms with Crippen molar-refractivity contribution in [1.82, 2.24) is 4.90 Å². The number of nitrogens with zero attached hydrogens (tertiary/aromatic N) is 1. The molecule has 70 valence electrons. The average molecular weight is 196 g/mol. The molecule has 0 N–H and O–H groups in total. The first kappa shape index (κ1) is 9.04. The van der Waals surface area contributed by atoms with E-state index in [4.69, 9.17) is 11.6 Å². The maximum Gasteiger partial charge on any atom is 0.0451 e. The number of rotatable bonds is 2. The number of halogens is 1. The van der Waals surface area contributed by atoms with E-state index in [1.807, 2.05) is 12.1 Å². The molecule has 0 spiro atoms. The van der Waals surface area contributed by atoms with Crippen LogP contribution in [-0.2, 0) is 6.54 Å². The molecule has 2 rings (SSSR count). The molecule has 0 amide bonds. The first-order valence-electron chi connectivity index (χ1n) is 4.82. The van der Waals surface area contributed by atoms with Crippen molar-refractivity contribution >= 4 is 11.6 Å². The van der Waals surface area contributed by atoms with E-state index in [-0.39, 0.29) is 0 Å². The highest BCUT2D eigenvalue weighted by atomic mass is 35.5. The lowest BCUT2D eigenvalue weighted by molar-refractivity contribution is 0.331. The Morgan fingerprint density at radius 1 is 1.15 bits per heavy atom. The van der Waals surface area contributed by atoms with Crippen LogP contribution in [0.1, 0.15) is 18.4 Å². The zero-order valence-corrected chi connectivity index (χ0v) is 8.43. The van der Waals surface area contributed by atoms with Crippen molar-refractivity contribution in [3.05, 3.63) is 34.9 Å². The van der Waals surface area contributed by atoms with E-state index >= 15 is 0 Å². The van der Waals surface area contributed by atoms with Gasteiger partial charge in [-0.25, -0.2) is 0 Å². The Balaban J connectivity index is 2.04. The lowest BCUT2D eigenvalue weighted by Crippen LogP contribution is -2.18. The second kappa shape index (κ2) is 4.12. The van der Waals surface area contributed by atoms with Gasteiger partial charge in [0.25, 0.3) is 0 Å². The highest BCUT2D eigenvalue weighted by Crippen LogP contribution is 2.19. The summed E-state index contributed by atoms with van der Waals surface area (Å²) in [5.41, 5.74) is 1.26. The first-order valence-corrected chi connectivity index (χ1v) is 5.20. The molecule has 1 aliphatic heterocycles. The SMILES string of the molecule is Clc1ccccc1CN1CCCC1. The quantitative estimate of drug-likeness (QED) is 0.702. The van der Waals surface area contributed by atoms with E-state index in [9.17, 15) is 0 Å². The molecule has 1 fully saturated rings. The summed E-state index contributed by atoms with van der Waals surface area (Å²) < 4.78 is 0. The van der Waals surface area contributed by atoms with Crippen LogP contribution in [0.25, 0.3) is 0 Å². The van der Waals surface area contributed by atoms with Crippen molar-refractivity contribution in [1.29, 1.82) is 0 Å². The predicted octanol–water partition coefficient (Wildman–Crippen LogP) is 2.94. The predicted molar refractivity (Wildman–Crippen MR) is 56.0 cm³/mol. The highest BCUT2D eigenvalue weighted by Gasteiger charge is 2.12. The molecule has 1 aromatic rings. The zero-order valence-electron chi connectivity index (χ0n) is 7.67. The summed E-state index contributed by atoms with van der Waals surface area (Å²) in [5.74, 6) is 0. The lowest BCUT2D eigenvalue weighted by atomic mass is 10.2. The van der Waals surface area contributed by atoms with E-state index in [1.54, 1.807) is 0 Å². The normalized spacial score (nSPS) is 17.9. The molecule has 1 aromatic carbocycles. The van der Waals surface area contributed by atoms with E-state index < -0.39 is 0 Å². The highest BCUT2D eigenvalue weighted by molar-refractivity contribution is 6.31. The summed E-state index contributed by atoms with van der Waals surface area (Å²) in [5, 5.41) is 0.898. The Morgan fingerprint density at radius 2 is 1.85 bits per heavy atom. The van der Waals surface area contributed by atoms with Gasteiger partial charge in [-0.3, -0.25) is 4.90 Å². The molecule has 0 atom stereocenters. The average Bonchev–Trinajstić information content (AvgIpc) is 2.61. The molecule has 0 bridgehead atoms. The molecule has 1 saturated heterocycles. The maximum atomic E-state index is 6.08. The summed E-state index contributed by atoms with van der Waals surface area (Å²) in [6.45, 7) is 3.47. The van der Waals surface area contributed by atoms with Crippen LogP contribution in [0.2, 0.25) is 5.02 Å². The van der Waals surface area contributed by atoms with Crippen LogP contribution in [-0.4, -0.2) is 18.0 Å². The molecular weight excluding hydrogens is 182 g/mol. The van der Waals surface area contributed by atoms with Gasteiger partial charge in [0.15, 0.2) is 0 Å². The molecule has 0 aliphatic carbocycles. The Kier molecular flexibility index (Phi) is 2.87. The van der Waals surface area contributed by atoms with Crippen molar-refractivity contribution in [2.45, 2.75) is 19.4 Å². The molecule has 0 aromatic heterocycles. The summed E-state index contributed by atoms with van der Waals surface area (Å²) >= 11 is 6.08. The molecule has 0 unspecified atom stereocenters. The molecule has 1 heterocycles. The van der Waals surface area contributed by atoms with Gasteiger partial charge < -0.3 is 0 Å². The third-order valence-corrected chi connectivity index (χ3v) is 2.92. The van der Waals surface area contributed by atoms with Gasteiger partial charge >= 0.3 is 0 Å². The molecule has 2 heteroatoms. The monoisotopic (exact) mass is 195 g/mol. The summed E-state index contributed by atoms with van der Waals surface area (Å²) in [4.78, 5) is 2.46. The van der Waals surface area contributed by atoms with Gasteiger partial charge in [-0.05, 0) is 37.6 Å². The van der Waals surface area contributed by atoms with E-state index in [2.05, 4.69) is 17.0 Å². The topological polar surface area (TPSA) is 3.24 Å². The minimum atomic E-state index is 0.898. The zero-order chi connectivity index (χ0) is 9.10. The van der Waals surface area contributed by atoms with Crippen molar-refractivity contribution in [2.24, 2.45) is 0 Å². The van der Waals surface area contributed by atoms with Gasteiger partial charge in [0, 0.05) is 11.6 Å². The van der Waals surface area contributed by atoms with Gasteiger partial charge in [-0.15, -0.1) is 0 Å². The Hall–Kier alpha value is -0.530. The van der Waals surface area contributed by atoms with Crippen molar-refractivity contribution in [2.75, 3.05) is 13.1 Å². The Bertz CT molecular complexity index is 279. The molecular formula is C11H14ClN. The maximum absolute atomic E-state index is 6.08. The minimum Gasteiger partial charge on any atom is -0.299 e. The Labute approximate surface area is 84.3 Å². The largest absolute Gasteiger partial charge is 0.299 e. The van der Waals surface area contributed by atoms with Gasteiger partial charge in [0.2, 0.25) is 0 Å². The van der Waals surface area contributed by atoms with Crippen LogP contribution in [0, 0.1) is 0 Å². The van der Waals surface area contributed by atoms with Gasteiger partial charge in [0.1, 0.15) is 0 Å². The van der Waals surface area contributed by atoms with E-state index in [0.29, 0.717) is 0 Å². The molecule has 1 nitrogen and oxygen atoms in total. The van der Waals surface area contributed by atoms with Crippen LogP contribution in [0.4, 0.5) is 0 Å². The first-order chi connectivity index (χ1) is 6.36. The van der Waals surface area contributed by atoms with E-state index in [1.165, 1.54) is 31.5 Å². The molecule has 13 heavy (non-hydrogen) atoms. The third-order valence-electron chi connectivity index (χ3n) is 2.55. The number of benzene rings is 1. The van der Waals surface area contributed by atoms with Gasteiger partial charge in [-0.2, -0.15) is 0 Å². The van der Waals surface area contributed by atoms with E-state index in [0.717, 1.165) is 11.6 Å². The van der Waals surface area contributed by atoms with Crippen molar-refractivity contribution in [3.63, 3.8) is 0 Å². The lowest BCUT2D eigenvalue weighted by Gasteiger charge is -2.15. The second-order valence-electron chi connectivity index (χ2n) is 3.57. The number of hydrogen-bond donors (Lipinski definition) is 0. The smallest absolute Gasteiger partial charge is 0.0451 e. The van der Waals surface area contributed by atoms with Crippen LogP contribution < -0.4 is 0 Å². The summed E-state index contributed by atoms with van der Waals surface area (Å²) in [7, 11) is 0. The number of likely N-dealkylation sites (tertiary alicyclic amines) is 1. The van der Waals surface area contributed by atoms with Crippen LogP contribution in [0.3, 0.4) is 0 Å². The van der Waals surface area contributed by atoms with Crippen LogP contribution in [0.15, 0.2) is 24.3 Å². The van der Waals surface area contributed by atoms with Crippen molar-refractivity contribution in [3.8, 4) is 0 Å². The summed E-state index contributed by atoms with van der Waals surface area (Å²) in [6, 6.07) is 8.11. The molecule has 0 saturated carbocycles. The second-order valence-corrected chi connectivity index (χ2v) is 3.98. The standard InChI is InChI=1S/C11H14ClN/c12-11-6-2-1-5-10(11)9-13-7-3-4-8-13/h1-2,5-6H,3-4,7-9H2. The fourth-order valence-corrected chi connectivity index (χ4v) is 2.00. The van der Waals surface area contributed by atoms with Gasteiger partial charge in [0.05, 0.1) is 0 Å². The molecule has 1 aliphatic rings. The fraction of sp³-hybridized carbons (Fsp3) is 0.455. The van der Waals surface area contributed by atoms with Gasteiger partial charge in [-0.1, -0.05) is 29.8 Å². The fourth-order valence-electron chi connectivity index (χ4n) is 1.81. The minimum absolute atomic E-state index is 0.898. The van der Waals surface area contributed by atoms with Crippen LogP contribution in [0.5, 0.6) is 0 Å². The third kappa shape index (κ3) is 2.23. The molecule has 0 radical (unpaired) electrons. The Morgan fingerprint density at radius 3 is 2.54 bits per heavy atom.